The molecule has 0 spiro atoms. The van der Waals surface area contributed by atoms with Crippen molar-refractivity contribution in [2.24, 2.45) is 0 Å². The van der Waals surface area contributed by atoms with Crippen molar-refractivity contribution in [2.75, 3.05) is 12.4 Å². The van der Waals surface area contributed by atoms with Crippen LogP contribution in [0.3, 0.4) is 0 Å². The van der Waals surface area contributed by atoms with E-state index < -0.39 is 24.8 Å². The van der Waals surface area contributed by atoms with Gasteiger partial charge in [-0.15, -0.1) is 11.8 Å². The van der Waals surface area contributed by atoms with E-state index in [1.54, 1.807) is 0 Å². The molecule has 2 aromatic rings. The number of benzene rings is 2. The highest BCUT2D eigenvalue weighted by Crippen LogP contribution is 2.19. The molecule has 0 aromatic heterocycles. The number of rotatable bonds is 8. The number of ether oxygens (including phenoxy) is 1. The summed E-state index contributed by atoms with van der Waals surface area (Å²) in [4.78, 5) is 12.9. The van der Waals surface area contributed by atoms with Crippen LogP contribution in [-0.2, 0) is 11.3 Å². The van der Waals surface area contributed by atoms with Crippen LogP contribution in [-0.4, -0.2) is 40.8 Å². The fourth-order valence-electron chi connectivity index (χ4n) is 2.00. The lowest BCUT2D eigenvalue weighted by atomic mass is 10.2. The lowest BCUT2D eigenvalue weighted by Crippen LogP contribution is -2.46. The number of aliphatic hydroxyl groups excluding tert-OH is 2. The van der Waals surface area contributed by atoms with E-state index in [0.717, 1.165) is 10.5 Å². The SMILES string of the molecule is O=C(N[C@H](CSc1ccccc1)[C@H](O)CO)OCc1ccccc1. The molecule has 0 radical (unpaired) electrons. The van der Waals surface area contributed by atoms with Crippen molar-refractivity contribution < 1.29 is 19.7 Å². The molecule has 24 heavy (non-hydrogen) atoms. The molecular formula is C18H21NO4S. The van der Waals surface area contributed by atoms with Gasteiger partial charge in [0.15, 0.2) is 0 Å². The zero-order chi connectivity index (χ0) is 17.2. The van der Waals surface area contributed by atoms with E-state index in [1.807, 2.05) is 60.7 Å². The number of alkyl carbamates (subject to hydrolysis) is 1. The summed E-state index contributed by atoms with van der Waals surface area (Å²) >= 11 is 1.49. The van der Waals surface area contributed by atoms with Gasteiger partial charge in [0.05, 0.1) is 18.8 Å². The van der Waals surface area contributed by atoms with Crippen molar-refractivity contribution in [3.05, 3.63) is 66.2 Å². The van der Waals surface area contributed by atoms with Gasteiger partial charge in [-0.1, -0.05) is 48.5 Å². The number of carbonyl (C=O) groups is 1. The van der Waals surface area contributed by atoms with Crippen LogP contribution in [0, 0.1) is 0 Å². The Morgan fingerprint density at radius 1 is 1.08 bits per heavy atom. The first-order chi connectivity index (χ1) is 11.7. The fourth-order valence-corrected chi connectivity index (χ4v) is 3.02. The monoisotopic (exact) mass is 347 g/mol. The number of amides is 1. The number of aliphatic hydroxyl groups is 2. The number of thioether (sulfide) groups is 1. The van der Waals surface area contributed by atoms with Gasteiger partial charge in [0.25, 0.3) is 0 Å². The molecule has 0 saturated heterocycles. The molecule has 3 N–H and O–H groups in total. The summed E-state index contributed by atoms with van der Waals surface area (Å²) in [5, 5.41) is 21.7. The third-order valence-corrected chi connectivity index (χ3v) is 4.47. The van der Waals surface area contributed by atoms with Gasteiger partial charge in [-0.25, -0.2) is 4.79 Å². The van der Waals surface area contributed by atoms with E-state index in [4.69, 9.17) is 4.74 Å². The molecule has 2 aromatic carbocycles. The summed E-state index contributed by atoms with van der Waals surface area (Å²) in [5.74, 6) is 0.423. The van der Waals surface area contributed by atoms with Crippen LogP contribution in [0.2, 0.25) is 0 Å². The Kier molecular flexibility index (Phi) is 7.61. The Hall–Kier alpha value is -2.02. The van der Waals surface area contributed by atoms with Crippen LogP contribution >= 0.6 is 11.8 Å². The van der Waals surface area contributed by atoms with E-state index in [2.05, 4.69) is 5.32 Å². The second-order valence-electron chi connectivity index (χ2n) is 5.19. The Morgan fingerprint density at radius 2 is 1.71 bits per heavy atom. The summed E-state index contributed by atoms with van der Waals surface area (Å²) in [6.45, 7) is -0.278. The molecule has 0 heterocycles. The van der Waals surface area contributed by atoms with Gasteiger partial charge in [-0.3, -0.25) is 0 Å². The first kappa shape index (κ1) is 18.3. The largest absolute Gasteiger partial charge is 0.445 e. The minimum atomic E-state index is -1.05. The third kappa shape index (κ3) is 6.23. The number of nitrogens with one attached hydrogen (secondary N) is 1. The van der Waals surface area contributed by atoms with Gasteiger partial charge in [0.1, 0.15) is 6.61 Å². The summed E-state index contributed by atoms with van der Waals surface area (Å²) in [6, 6.07) is 18.4. The summed E-state index contributed by atoms with van der Waals surface area (Å²) in [5.41, 5.74) is 0.880. The smallest absolute Gasteiger partial charge is 0.407 e. The first-order valence-corrected chi connectivity index (χ1v) is 8.61. The van der Waals surface area contributed by atoms with Gasteiger partial charge in [-0.05, 0) is 17.7 Å². The van der Waals surface area contributed by atoms with E-state index in [1.165, 1.54) is 11.8 Å². The predicted octanol–water partition coefficient (Wildman–Crippen LogP) is 2.43. The van der Waals surface area contributed by atoms with Crippen molar-refractivity contribution in [1.82, 2.24) is 5.32 Å². The zero-order valence-electron chi connectivity index (χ0n) is 13.2. The quantitative estimate of drug-likeness (QED) is 0.639. The molecule has 0 aliphatic heterocycles. The molecule has 128 valence electrons. The van der Waals surface area contributed by atoms with E-state index in [9.17, 15) is 15.0 Å². The number of carbonyl (C=O) groups excluding carboxylic acids is 1. The molecule has 5 nitrogen and oxygen atoms in total. The summed E-state index contributed by atoms with van der Waals surface area (Å²) in [6.07, 6.45) is -1.67. The second-order valence-corrected chi connectivity index (χ2v) is 6.28. The summed E-state index contributed by atoms with van der Waals surface area (Å²) in [7, 11) is 0. The molecule has 0 aliphatic carbocycles. The molecule has 2 rings (SSSR count). The van der Waals surface area contributed by atoms with Crippen molar-refractivity contribution in [2.45, 2.75) is 23.6 Å². The molecule has 0 fully saturated rings. The van der Waals surface area contributed by atoms with Crippen molar-refractivity contribution >= 4 is 17.9 Å². The highest BCUT2D eigenvalue weighted by Gasteiger charge is 2.21. The topological polar surface area (TPSA) is 78.8 Å². The first-order valence-electron chi connectivity index (χ1n) is 7.63. The van der Waals surface area contributed by atoms with Crippen LogP contribution in [0.5, 0.6) is 0 Å². The summed E-state index contributed by atoms with van der Waals surface area (Å²) < 4.78 is 5.15. The molecule has 6 heteroatoms. The highest BCUT2D eigenvalue weighted by molar-refractivity contribution is 7.99. The van der Waals surface area contributed by atoms with Gasteiger partial charge < -0.3 is 20.3 Å². The normalized spacial score (nSPS) is 13.1. The zero-order valence-corrected chi connectivity index (χ0v) is 14.0. The number of hydrogen-bond acceptors (Lipinski definition) is 5. The van der Waals surface area contributed by atoms with E-state index in [-0.39, 0.29) is 6.61 Å². The third-order valence-electron chi connectivity index (χ3n) is 3.34. The molecule has 0 saturated carbocycles. The maximum absolute atomic E-state index is 11.9. The average Bonchev–Trinajstić information content (AvgIpc) is 2.64. The van der Waals surface area contributed by atoms with E-state index in [0.29, 0.717) is 5.75 Å². The fraction of sp³-hybridized carbons (Fsp3) is 0.278. The van der Waals surface area contributed by atoms with Crippen molar-refractivity contribution in [1.29, 1.82) is 0 Å². The molecule has 0 unspecified atom stereocenters. The maximum Gasteiger partial charge on any atom is 0.407 e. The van der Waals surface area contributed by atoms with Crippen LogP contribution < -0.4 is 5.32 Å². The lowest BCUT2D eigenvalue weighted by Gasteiger charge is -2.22. The van der Waals surface area contributed by atoms with Gasteiger partial charge in [0, 0.05) is 10.6 Å². The number of hydrogen-bond donors (Lipinski definition) is 3. The Bertz CT molecular complexity index is 609. The Labute approximate surface area is 145 Å². The van der Waals surface area contributed by atoms with Crippen LogP contribution in [0.4, 0.5) is 4.79 Å². The van der Waals surface area contributed by atoms with Crippen molar-refractivity contribution in [3.63, 3.8) is 0 Å². The highest BCUT2D eigenvalue weighted by atomic mass is 32.2. The van der Waals surface area contributed by atoms with Gasteiger partial charge in [-0.2, -0.15) is 0 Å². The van der Waals surface area contributed by atoms with Crippen LogP contribution in [0.1, 0.15) is 5.56 Å². The molecule has 2 atom stereocenters. The maximum atomic E-state index is 11.9. The predicted molar refractivity (Wildman–Crippen MR) is 93.8 cm³/mol. The Morgan fingerprint density at radius 3 is 2.33 bits per heavy atom. The van der Waals surface area contributed by atoms with Gasteiger partial charge in [0.2, 0.25) is 0 Å². The van der Waals surface area contributed by atoms with Crippen molar-refractivity contribution in [3.8, 4) is 0 Å². The lowest BCUT2D eigenvalue weighted by molar-refractivity contribution is 0.0637. The molecule has 0 aliphatic rings. The second kappa shape index (κ2) is 9.97. The standard InChI is InChI=1S/C18H21NO4S/c20-11-17(21)16(13-24-15-9-5-2-6-10-15)19-18(22)23-12-14-7-3-1-4-8-14/h1-10,16-17,20-21H,11-13H2,(H,19,22)/t16-,17-/m1/s1. The average molecular weight is 347 g/mol. The van der Waals surface area contributed by atoms with Crippen LogP contribution in [0.15, 0.2) is 65.6 Å². The Balaban J connectivity index is 1.84. The van der Waals surface area contributed by atoms with E-state index >= 15 is 0 Å². The minimum absolute atomic E-state index is 0.153. The molecule has 0 bridgehead atoms. The molecule has 1 amide bonds. The minimum Gasteiger partial charge on any atom is -0.445 e. The van der Waals surface area contributed by atoms with Crippen LogP contribution in [0.25, 0.3) is 0 Å². The molecular weight excluding hydrogens is 326 g/mol. The van der Waals surface area contributed by atoms with Gasteiger partial charge >= 0.3 is 6.09 Å².